The predicted molar refractivity (Wildman–Crippen MR) is 50.3 cm³/mol. The van der Waals surface area contributed by atoms with E-state index in [4.69, 9.17) is 16.9 Å². The van der Waals surface area contributed by atoms with Gasteiger partial charge >= 0.3 is 0 Å². The van der Waals surface area contributed by atoms with Gasteiger partial charge in [0.2, 0.25) is 0 Å². The molecule has 0 bridgehead atoms. The van der Waals surface area contributed by atoms with E-state index in [2.05, 4.69) is 5.32 Å². The molecule has 0 saturated carbocycles. The van der Waals surface area contributed by atoms with E-state index in [1.807, 2.05) is 31.2 Å². The maximum absolute atomic E-state index is 8.34. The number of benzene rings is 1. The van der Waals surface area contributed by atoms with Crippen LogP contribution < -0.4 is 5.32 Å². The molecule has 0 aliphatic carbocycles. The van der Waals surface area contributed by atoms with Gasteiger partial charge in [-0.3, -0.25) is 0 Å². The first kappa shape index (κ1) is 8.89. The fourth-order valence-electron chi connectivity index (χ4n) is 0.919. The molecule has 0 fully saturated rings. The number of nitrogens with one attached hydrogen (secondary N) is 1. The normalized spacial score (nSPS) is 9.08. The van der Waals surface area contributed by atoms with Crippen LogP contribution in [0.15, 0.2) is 18.2 Å². The fourth-order valence-corrected chi connectivity index (χ4v) is 1.09. The minimum atomic E-state index is 0.307. The highest BCUT2D eigenvalue weighted by molar-refractivity contribution is 6.30. The van der Waals surface area contributed by atoms with Crippen LogP contribution in [-0.4, -0.2) is 6.54 Å². The summed E-state index contributed by atoms with van der Waals surface area (Å²) in [5.74, 6) is 0. The summed E-state index contributed by atoms with van der Waals surface area (Å²) in [4.78, 5) is 0. The van der Waals surface area contributed by atoms with Crippen LogP contribution in [-0.2, 0) is 0 Å². The number of rotatable bonds is 2. The van der Waals surface area contributed by atoms with Crippen LogP contribution in [0.2, 0.25) is 5.02 Å². The fraction of sp³-hybridized carbons (Fsp3) is 0.222. The van der Waals surface area contributed by atoms with Crippen LogP contribution in [0.5, 0.6) is 0 Å². The standard InChI is InChI=1S/C9H9ClN2/c1-7-2-3-8(10)6-9(7)12-5-4-11/h2-3,6,12H,5H2,1H3. The summed E-state index contributed by atoms with van der Waals surface area (Å²) in [6.07, 6.45) is 0. The molecule has 2 nitrogen and oxygen atoms in total. The predicted octanol–water partition coefficient (Wildman–Crippen LogP) is 2.58. The molecular weight excluding hydrogens is 172 g/mol. The van der Waals surface area contributed by atoms with Gasteiger partial charge in [-0.15, -0.1) is 0 Å². The van der Waals surface area contributed by atoms with E-state index in [0.29, 0.717) is 11.6 Å². The van der Waals surface area contributed by atoms with Gasteiger partial charge in [-0.05, 0) is 24.6 Å². The first-order chi connectivity index (χ1) is 5.74. The van der Waals surface area contributed by atoms with Crippen LogP contribution in [0.1, 0.15) is 5.56 Å². The van der Waals surface area contributed by atoms with Gasteiger partial charge in [-0.25, -0.2) is 0 Å². The van der Waals surface area contributed by atoms with Crippen LogP contribution in [0.4, 0.5) is 5.69 Å². The Balaban J connectivity index is 2.84. The number of nitrogens with zero attached hydrogens (tertiary/aromatic N) is 1. The minimum absolute atomic E-state index is 0.307. The van der Waals surface area contributed by atoms with Gasteiger partial charge in [-0.2, -0.15) is 5.26 Å². The highest BCUT2D eigenvalue weighted by Gasteiger charge is 1.96. The molecule has 1 aromatic carbocycles. The molecule has 0 atom stereocenters. The van der Waals surface area contributed by atoms with Gasteiger partial charge < -0.3 is 5.32 Å². The third-order valence-electron chi connectivity index (χ3n) is 1.56. The number of halogens is 1. The topological polar surface area (TPSA) is 35.8 Å². The van der Waals surface area contributed by atoms with Gasteiger partial charge in [-0.1, -0.05) is 17.7 Å². The number of hydrogen-bond donors (Lipinski definition) is 1. The Hall–Kier alpha value is -1.20. The molecule has 0 spiro atoms. The molecule has 0 heterocycles. The first-order valence-corrected chi connectivity index (χ1v) is 3.99. The molecule has 0 aromatic heterocycles. The van der Waals surface area contributed by atoms with Gasteiger partial charge in [0.05, 0.1) is 6.07 Å². The number of nitriles is 1. The van der Waals surface area contributed by atoms with Crippen LogP contribution in [0.3, 0.4) is 0 Å². The lowest BCUT2D eigenvalue weighted by Crippen LogP contribution is -1.99. The van der Waals surface area contributed by atoms with E-state index in [-0.39, 0.29) is 0 Å². The van der Waals surface area contributed by atoms with Crippen molar-refractivity contribution < 1.29 is 0 Å². The van der Waals surface area contributed by atoms with E-state index < -0.39 is 0 Å². The summed E-state index contributed by atoms with van der Waals surface area (Å²) in [6.45, 7) is 2.28. The van der Waals surface area contributed by atoms with Crippen LogP contribution >= 0.6 is 11.6 Å². The summed E-state index contributed by atoms with van der Waals surface area (Å²) in [6, 6.07) is 7.57. The molecule has 0 aliphatic heterocycles. The van der Waals surface area contributed by atoms with Gasteiger partial charge in [0.15, 0.2) is 0 Å². The van der Waals surface area contributed by atoms with Gasteiger partial charge in [0, 0.05) is 10.7 Å². The van der Waals surface area contributed by atoms with E-state index >= 15 is 0 Å². The molecule has 1 rings (SSSR count). The van der Waals surface area contributed by atoms with Crippen molar-refractivity contribution in [2.24, 2.45) is 0 Å². The van der Waals surface area contributed by atoms with Gasteiger partial charge in [0.1, 0.15) is 6.54 Å². The SMILES string of the molecule is Cc1ccc(Cl)cc1NCC#N. The van der Waals surface area contributed by atoms with Crippen molar-refractivity contribution in [3.63, 3.8) is 0 Å². The maximum atomic E-state index is 8.34. The molecule has 0 amide bonds. The van der Waals surface area contributed by atoms with Gasteiger partial charge in [0.25, 0.3) is 0 Å². The first-order valence-electron chi connectivity index (χ1n) is 3.61. The van der Waals surface area contributed by atoms with Crippen molar-refractivity contribution in [2.45, 2.75) is 6.92 Å². The summed E-state index contributed by atoms with van der Waals surface area (Å²) in [5.41, 5.74) is 2.01. The summed E-state index contributed by atoms with van der Waals surface area (Å²) in [7, 11) is 0. The quantitative estimate of drug-likeness (QED) is 0.711. The Morgan fingerprint density at radius 2 is 2.33 bits per heavy atom. The molecule has 62 valence electrons. The highest BCUT2D eigenvalue weighted by atomic mass is 35.5. The van der Waals surface area contributed by atoms with Crippen molar-refractivity contribution in [3.8, 4) is 6.07 Å². The molecule has 0 saturated heterocycles. The molecule has 3 heteroatoms. The molecule has 0 unspecified atom stereocenters. The molecule has 1 aromatic rings. The Bertz CT molecular complexity index is 315. The average Bonchev–Trinajstić information content (AvgIpc) is 2.07. The molecule has 0 radical (unpaired) electrons. The minimum Gasteiger partial charge on any atom is -0.372 e. The van der Waals surface area contributed by atoms with E-state index in [1.165, 1.54) is 0 Å². The van der Waals surface area contributed by atoms with Crippen LogP contribution in [0, 0.1) is 18.3 Å². The summed E-state index contributed by atoms with van der Waals surface area (Å²) < 4.78 is 0. The van der Waals surface area contributed by atoms with Crippen LogP contribution in [0.25, 0.3) is 0 Å². The molecule has 12 heavy (non-hydrogen) atoms. The monoisotopic (exact) mass is 180 g/mol. The van der Waals surface area contributed by atoms with Crippen molar-refractivity contribution in [1.29, 1.82) is 5.26 Å². The second-order valence-corrected chi connectivity index (χ2v) is 2.91. The third-order valence-corrected chi connectivity index (χ3v) is 1.79. The Morgan fingerprint density at radius 1 is 1.58 bits per heavy atom. The Labute approximate surface area is 76.8 Å². The van der Waals surface area contributed by atoms with Crippen molar-refractivity contribution in [3.05, 3.63) is 28.8 Å². The highest BCUT2D eigenvalue weighted by Crippen LogP contribution is 2.19. The second-order valence-electron chi connectivity index (χ2n) is 2.47. The molecule has 0 aliphatic rings. The maximum Gasteiger partial charge on any atom is 0.103 e. The molecular formula is C9H9ClN2. The number of hydrogen-bond acceptors (Lipinski definition) is 2. The van der Waals surface area contributed by atoms with E-state index in [1.54, 1.807) is 0 Å². The third kappa shape index (κ3) is 2.14. The largest absolute Gasteiger partial charge is 0.372 e. The zero-order valence-electron chi connectivity index (χ0n) is 6.76. The summed E-state index contributed by atoms with van der Waals surface area (Å²) in [5, 5.41) is 12.0. The van der Waals surface area contributed by atoms with E-state index in [9.17, 15) is 0 Å². The van der Waals surface area contributed by atoms with Crippen molar-refractivity contribution in [1.82, 2.24) is 0 Å². The zero-order chi connectivity index (χ0) is 8.97. The smallest absolute Gasteiger partial charge is 0.103 e. The lowest BCUT2D eigenvalue weighted by Gasteiger charge is -2.05. The Morgan fingerprint density at radius 3 is 3.00 bits per heavy atom. The van der Waals surface area contributed by atoms with E-state index in [0.717, 1.165) is 11.3 Å². The lowest BCUT2D eigenvalue weighted by molar-refractivity contribution is 1.29. The number of anilines is 1. The summed E-state index contributed by atoms with van der Waals surface area (Å²) >= 11 is 5.77. The lowest BCUT2D eigenvalue weighted by atomic mass is 10.2. The molecule has 1 N–H and O–H groups in total. The second kappa shape index (κ2) is 3.99. The Kier molecular flexibility index (Phi) is 2.95. The zero-order valence-corrected chi connectivity index (χ0v) is 7.52. The average molecular weight is 181 g/mol. The number of aryl methyl sites for hydroxylation is 1. The van der Waals surface area contributed by atoms with Crippen molar-refractivity contribution >= 4 is 17.3 Å². The van der Waals surface area contributed by atoms with Crippen molar-refractivity contribution in [2.75, 3.05) is 11.9 Å².